The first-order valence-electron chi connectivity index (χ1n) is 12.2. The second-order valence-corrected chi connectivity index (χ2v) is 11.1. The third-order valence-electron chi connectivity index (χ3n) is 6.87. The summed E-state index contributed by atoms with van der Waals surface area (Å²) in [5, 5.41) is 22.4. The van der Waals surface area contributed by atoms with E-state index < -0.39 is 6.23 Å². The molecule has 2 fully saturated rings. The molecule has 5 rings (SSSR count). The van der Waals surface area contributed by atoms with E-state index in [4.69, 9.17) is 16.3 Å². The summed E-state index contributed by atoms with van der Waals surface area (Å²) in [6.45, 7) is 6.54. The van der Waals surface area contributed by atoms with Crippen molar-refractivity contribution in [2.45, 2.75) is 89.6 Å². The van der Waals surface area contributed by atoms with Crippen molar-refractivity contribution in [3.05, 3.63) is 47.8 Å². The molecule has 2 atom stereocenters. The normalized spacial score (nSPS) is 20.1. The molecule has 1 N–H and O–H groups in total. The Labute approximate surface area is 205 Å². The molecule has 0 radical (unpaired) electrons. The highest BCUT2D eigenvalue weighted by atomic mass is 35.5. The molecule has 2 saturated carbocycles. The van der Waals surface area contributed by atoms with Gasteiger partial charge in [-0.3, -0.25) is 0 Å². The van der Waals surface area contributed by atoms with Crippen LogP contribution in [0.3, 0.4) is 0 Å². The first-order chi connectivity index (χ1) is 16.4. The number of nitrogens with zero attached hydrogens (tertiary/aromatic N) is 7. The molecule has 1 aromatic carbocycles. The van der Waals surface area contributed by atoms with Gasteiger partial charge in [-0.05, 0) is 65.8 Å². The Morgan fingerprint density at radius 2 is 1.85 bits per heavy atom. The number of rotatable bonds is 8. The van der Waals surface area contributed by atoms with Gasteiger partial charge in [-0.25, -0.2) is 14.3 Å². The molecule has 2 aliphatic rings. The largest absolute Gasteiger partial charge is 0.466 e. The maximum absolute atomic E-state index is 6.56. The second-order valence-electron chi connectivity index (χ2n) is 10.7. The number of halogens is 1. The molecule has 10 heteroatoms. The van der Waals surface area contributed by atoms with Crippen molar-refractivity contribution in [2.75, 3.05) is 0 Å². The fourth-order valence-electron chi connectivity index (χ4n) is 5.08. The Kier molecular flexibility index (Phi) is 6.33. The molecular weight excluding hydrogens is 452 g/mol. The van der Waals surface area contributed by atoms with Crippen LogP contribution in [-0.2, 0) is 5.54 Å². The highest BCUT2D eigenvalue weighted by Crippen LogP contribution is 2.44. The highest BCUT2D eigenvalue weighted by molar-refractivity contribution is 6.30. The van der Waals surface area contributed by atoms with Gasteiger partial charge < -0.3 is 10.1 Å². The van der Waals surface area contributed by atoms with E-state index in [2.05, 4.69) is 51.7 Å². The maximum Gasteiger partial charge on any atom is 0.215 e. The van der Waals surface area contributed by atoms with Gasteiger partial charge in [-0.2, -0.15) is 5.10 Å². The van der Waals surface area contributed by atoms with Gasteiger partial charge in [-0.1, -0.05) is 51.6 Å². The fraction of sp³-hybridized carbons (Fsp3) is 0.625. The molecule has 9 nitrogen and oxygen atoms in total. The number of hydrogen-bond donors (Lipinski definition) is 1. The van der Waals surface area contributed by atoms with Crippen LogP contribution in [0.5, 0.6) is 5.75 Å². The zero-order valence-electron chi connectivity index (χ0n) is 20.1. The Bertz CT molecular complexity index is 1070. The standard InChI is InChI=1S/C24H33ClN8O/c1-23(2,3)20(21(32-16-26-15-27-32)34-19-11-7-17(25)8-12-19)33-22(29-30-31-33)24(28-18-9-10-18)13-5-4-6-14-24/h7-8,11-12,15-16,18,20-21,28H,4-6,9-10,13-14H2,1-3H3/t20-,21-/m1/s1. The maximum atomic E-state index is 6.56. The van der Waals surface area contributed by atoms with Gasteiger partial charge in [0.1, 0.15) is 24.4 Å². The topological polar surface area (TPSA) is 95.6 Å². The number of ether oxygens (including phenoxy) is 1. The average molecular weight is 485 g/mol. The van der Waals surface area contributed by atoms with Gasteiger partial charge in [0.15, 0.2) is 5.82 Å². The highest BCUT2D eigenvalue weighted by Gasteiger charge is 2.47. The van der Waals surface area contributed by atoms with E-state index in [1.54, 1.807) is 11.0 Å². The molecule has 0 saturated heterocycles. The molecule has 2 aromatic heterocycles. The van der Waals surface area contributed by atoms with Crippen molar-refractivity contribution in [2.24, 2.45) is 5.41 Å². The quantitative estimate of drug-likeness (QED) is 0.495. The van der Waals surface area contributed by atoms with Crippen molar-refractivity contribution >= 4 is 11.6 Å². The van der Waals surface area contributed by atoms with Crippen LogP contribution in [0.1, 0.15) is 83.8 Å². The fourth-order valence-corrected chi connectivity index (χ4v) is 5.21. The lowest BCUT2D eigenvalue weighted by Gasteiger charge is -2.41. The van der Waals surface area contributed by atoms with Crippen LogP contribution in [-0.4, -0.2) is 41.0 Å². The van der Waals surface area contributed by atoms with E-state index in [-0.39, 0.29) is 17.0 Å². The van der Waals surface area contributed by atoms with E-state index in [1.165, 1.54) is 38.4 Å². The molecule has 0 aliphatic heterocycles. The third kappa shape index (κ3) is 4.81. The van der Waals surface area contributed by atoms with Crippen LogP contribution >= 0.6 is 11.6 Å². The van der Waals surface area contributed by atoms with Crippen molar-refractivity contribution in [1.29, 1.82) is 0 Å². The summed E-state index contributed by atoms with van der Waals surface area (Å²) in [5.41, 5.74) is -0.484. The molecule has 3 aromatic rings. The molecule has 2 aliphatic carbocycles. The zero-order chi connectivity index (χ0) is 23.8. The lowest BCUT2D eigenvalue weighted by atomic mass is 9.79. The molecular formula is C24H33ClN8O. The predicted octanol–water partition coefficient (Wildman–Crippen LogP) is 4.69. The Hall–Kier alpha value is -2.52. The molecule has 0 bridgehead atoms. The summed E-state index contributed by atoms with van der Waals surface area (Å²) in [6.07, 6.45) is 10.8. The number of hydrogen-bond acceptors (Lipinski definition) is 7. The first-order valence-corrected chi connectivity index (χ1v) is 12.6. The molecule has 0 amide bonds. The number of benzene rings is 1. The molecule has 2 heterocycles. The Morgan fingerprint density at radius 1 is 1.12 bits per heavy atom. The van der Waals surface area contributed by atoms with Crippen LogP contribution in [0.2, 0.25) is 5.02 Å². The van der Waals surface area contributed by atoms with Gasteiger partial charge in [0.25, 0.3) is 0 Å². The summed E-state index contributed by atoms with van der Waals surface area (Å²) in [5.74, 6) is 1.58. The van der Waals surface area contributed by atoms with Crippen molar-refractivity contribution in [3.8, 4) is 5.75 Å². The molecule has 34 heavy (non-hydrogen) atoms. The van der Waals surface area contributed by atoms with E-state index in [0.29, 0.717) is 16.8 Å². The summed E-state index contributed by atoms with van der Waals surface area (Å²) in [7, 11) is 0. The first kappa shape index (κ1) is 23.2. The van der Waals surface area contributed by atoms with E-state index in [1.807, 2.05) is 28.9 Å². The lowest BCUT2D eigenvalue weighted by molar-refractivity contribution is -0.00375. The minimum absolute atomic E-state index is 0.223. The van der Waals surface area contributed by atoms with Gasteiger partial charge in [-0.15, -0.1) is 5.10 Å². The number of aromatic nitrogens is 7. The SMILES string of the molecule is CC(C)(C)[C@@H]([C@@H](Oc1ccc(Cl)cc1)n1cncn1)n1nnnc1C1(NC2CC2)CCCCC1. The van der Waals surface area contributed by atoms with E-state index in [0.717, 1.165) is 18.7 Å². The summed E-state index contributed by atoms with van der Waals surface area (Å²) < 4.78 is 10.3. The minimum atomic E-state index is -0.521. The van der Waals surface area contributed by atoms with Crippen LogP contribution < -0.4 is 10.1 Å². The monoisotopic (exact) mass is 484 g/mol. The molecule has 0 spiro atoms. The van der Waals surface area contributed by atoms with E-state index in [9.17, 15) is 0 Å². The molecule has 0 unspecified atom stereocenters. The number of tetrazole rings is 1. The summed E-state index contributed by atoms with van der Waals surface area (Å²) >= 11 is 6.11. The van der Waals surface area contributed by atoms with Crippen LogP contribution in [0.15, 0.2) is 36.9 Å². The average Bonchev–Trinajstić information content (AvgIpc) is 3.25. The van der Waals surface area contributed by atoms with Gasteiger partial charge in [0.2, 0.25) is 6.23 Å². The van der Waals surface area contributed by atoms with Crippen LogP contribution in [0.25, 0.3) is 0 Å². The number of nitrogens with one attached hydrogen (secondary N) is 1. The van der Waals surface area contributed by atoms with Gasteiger partial charge in [0.05, 0.1) is 5.54 Å². The molecule has 182 valence electrons. The minimum Gasteiger partial charge on any atom is -0.466 e. The van der Waals surface area contributed by atoms with Gasteiger partial charge in [0, 0.05) is 11.1 Å². The summed E-state index contributed by atoms with van der Waals surface area (Å²) in [4.78, 5) is 4.20. The predicted molar refractivity (Wildman–Crippen MR) is 128 cm³/mol. The zero-order valence-corrected chi connectivity index (χ0v) is 20.8. The van der Waals surface area contributed by atoms with Crippen molar-refractivity contribution in [3.63, 3.8) is 0 Å². The Morgan fingerprint density at radius 3 is 2.47 bits per heavy atom. The summed E-state index contributed by atoms with van der Waals surface area (Å²) in [6, 6.07) is 7.66. The second kappa shape index (κ2) is 9.26. The Balaban J connectivity index is 1.58. The van der Waals surface area contributed by atoms with E-state index >= 15 is 0 Å². The van der Waals surface area contributed by atoms with Crippen LogP contribution in [0, 0.1) is 5.41 Å². The third-order valence-corrected chi connectivity index (χ3v) is 7.13. The van der Waals surface area contributed by atoms with Crippen molar-refractivity contribution < 1.29 is 4.74 Å². The van der Waals surface area contributed by atoms with Crippen LogP contribution in [0.4, 0.5) is 0 Å². The van der Waals surface area contributed by atoms with Crippen molar-refractivity contribution in [1.82, 2.24) is 40.3 Å². The lowest BCUT2D eigenvalue weighted by Crippen LogP contribution is -2.49. The van der Waals surface area contributed by atoms with Gasteiger partial charge >= 0.3 is 0 Å². The smallest absolute Gasteiger partial charge is 0.215 e.